The number of hydrogen-bond donors (Lipinski definition) is 0. The van der Waals surface area contributed by atoms with Crippen molar-refractivity contribution in [3.63, 3.8) is 0 Å². The molecule has 112 valence electrons. The molecule has 0 spiro atoms. The lowest BCUT2D eigenvalue weighted by Gasteiger charge is -2.19. The van der Waals surface area contributed by atoms with Crippen molar-refractivity contribution in [3.05, 3.63) is 59.6 Å². The molecule has 2 heterocycles. The Morgan fingerprint density at radius 2 is 1.70 bits per heavy atom. The van der Waals surface area contributed by atoms with Crippen LogP contribution in [0, 0.1) is 0 Å². The van der Waals surface area contributed by atoms with E-state index in [4.69, 9.17) is 16.0 Å². The molecule has 1 aromatic heterocycles. The van der Waals surface area contributed by atoms with Gasteiger partial charge in [0.15, 0.2) is 0 Å². The highest BCUT2D eigenvalue weighted by Crippen LogP contribution is 2.40. The quantitative estimate of drug-likeness (QED) is 0.410. The standard InChI is InChI=1S/C20H15ClOSi/c1-23(2)17-11-10-16-18(12-6-3-4-9-15(12)22-16)19(17)13-7-5-8-14(21)20(13)23/h3-11H,1-2H3. The Balaban J connectivity index is 2.06. The minimum Gasteiger partial charge on any atom is -0.456 e. The van der Waals surface area contributed by atoms with Gasteiger partial charge in [-0.2, -0.15) is 0 Å². The molecule has 1 aliphatic rings. The van der Waals surface area contributed by atoms with Crippen LogP contribution in [0.4, 0.5) is 0 Å². The summed E-state index contributed by atoms with van der Waals surface area (Å²) in [6.07, 6.45) is 0. The molecule has 0 amide bonds. The molecule has 3 heteroatoms. The van der Waals surface area contributed by atoms with Crippen molar-refractivity contribution < 1.29 is 4.42 Å². The maximum absolute atomic E-state index is 6.60. The molecule has 0 aliphatic carbocycles. The van der Waals surface area contributed by atoms with Gasteiger partial charge in [-0.25, -0.2) is 0 Å². The molecule has 0 saturated carbocycles. The van der Waals surface area contributed by atoms with E-state index in [1.54, 1.807) is 0 Å². The average molecular weight is 335 g/mol. The van der Waals surface area contributed by atoms with Gasteiger partial charge in [-0.3, -0.25) is 0 Å². The molecule has 0 atom stereocenters. The van der Waals surface area contributed by atoms with Gasteiger partial charge in [-0.05, 0) is 39.7 Å². The van der Waals surface area contributed by atoms with Crippen molar-refractivity contribution in [3.8, 4) is 11.1 Å². The first-order chi connectivity index (χ1) is 11.1. The highest BCUT2D eigenvalue weighted by molar-refractivity contribution is 7.05. The fourth-order valence-electron chi connectivity index (χ4n) is 4.12. The Bertz CT molecular complexity index is 1110. The number of hydrogen-bond acceptors (Lipinski definition) is 1. The predicted octanol–water partition coefficient (Wildman–Crippen LogP) is 5.04. The van der Waals surface area contributed by atoms with Crippen LogP contribution in [0.5, 0.6) is 0 Å². The van der Waals surface area contributed by atoms with Gasteiger partial charge in [0, 0.05) is 15.8 Å². The molecular weight excluding hydrogens is 320 g/mol. The van der Waals surface area contributed by atoms with Crippen LogP contribution in [0.2, 0.25) is 18.1 Å². The molecule has 0 radical (unpaired) electrons. The number of rotatable bonds is 0. The summed E-state index contributed by atoms with van der Waals surface area (Å²) in [5.41, 5.74) is 4.54. The second kappa shape index (κ2) is 4.28. The molecule has 5 rings (SSSR count). The van der Waals surface area contributed by atoms with Crippen molar-refractivity contribution in [1.29, 1.82) is 0 Å². The van der Waals surface area contributed by atoms with E-state index in [1.807, 2.05) is 18.2 Å². The van der Waals surface area contributed by atoms with Crippen LogP contribution >= 0.6 is 11.6 Å². The fourth-order valence-corrected chi connectivity index (χ4v) is 8.22. The fraction of sp³-hybridized carbons (Fsp3) is 0.100. The van der Waals surface area contributed by atoms with Crippen LogP contribution in [-0.2, 0) is 0 Å². The van der Waals surface area contributed by atoms with Crippen LogP contribution in [0.15, 0.2) is 59.0 Å². The lowest BCUT2D eigenvalue weighted by atomic mass is 9.99. The topological polar surface area (TPSA) is 13.1 Å². The number of halogens is 1. The minimum atomic E-state index is -1.78. The second-order valence-electron chi connectivity index (χ2n) is 6.75. The second-order valence-corrected chi connectivity index (χ2v) is 11.4. The van der Waals surface area contributed by atoms with E-state index in [1.165, 1.54) is 32.3 Å². The molecule has 1 nitrogen and oxygen atoms in total. The van der Waals surface area contributed by atoms with Gasteiger partial charge in [0.25, 0.3) is 0 Å². The number of furan rings is 1. The smallest absolute Gasteiger partial charge is 0.136 e. The highest BCUT2D eigenvalue weighted by Gasteiger charge is 2.40. The van der Waals surface area contributed by atoms with E-state index < -0.39 is 8.07 Å². The van der Waals surface area contributed by atoms with Gasteiger partial charge in [-0.15, -0.1) is 0 Å². The van der Waals surface area contributed by atoms with Gasteiger partial charge in [0.2, 0.25) is 0 Å². The van der Waals surface area contributed by atoms with Crippen molar-refractivity contribution >= 4 is 52.0 Å². The van der Waals surface area contributed by atoms with Crippen LogP contribution in [0.3, 0.4) is 0 Å². The zero-order valence-corrected chi connectivity index (χ0v) is 14.7. The normalized spacial score (nSPS) is 15.1. The van der Waals surface area contributed by atoms with Gasteiger partial charge >= 0.3 is 0 Å². The maximum atomic E-state index is 6.60. The molecule has 0 saturated heterocycles. The summed E-state index contributed by atoms with van der Waals surface area (Å²) in [5, 5.41) is 6.14. The van der Waals surface area contributed by atoms with Gasteiger partial charge in [0.05, 0.1) is 0 Å². The number of para-hydroxylation sites is 1. The molecule has 1 aliphatic heterocycles. The molecule has 23 heavy (non-hydrogen) atoms. The molecule has 0 fully saturated rings. The molecule has 0 bridgehead atoms. The third kappa shape index (κ3) is 1.58. The zero-order valence-electron chi connectivity index (χ0n) is 13.0. The Morgan fingerprint density at radius 1 is 0.870 bits per heavy atom. The molecule has 0 unspecified atom stereocenters. The molecule has 3 aromatic carbocycles. The zero-order chi connectivity index (χ0) is 15.8. The van der Waals surface area contributed by atoms with Crippen LogP contribution in [0.1, 0.15) is 0 Å². The van der Waals surface area contributed by atoms with Crippen molar-refractivity contribution in [2.45, 2.75) is 13.1 Å². The molecular formula is C20H15ClOSi. The Hall–Kier alpha value is -2.03. The van der Waals surface area contributed by atoms with E-state index in [0.717, 1.165) is 16.2 Å². The SMILES string of the molecule is C[Si]1(C)c2ccc3oc4ccccc4c3c2-c2cccc(Cl)c21. The first kappa shape index (κ1) is 13.4. The van der Waals surface area contributed by atoms with E-state index in [0.29, 0.717) is 0 Å². The third-order valence-electron chi connectivity index (χ3n) is 5.12. The predicted molar refractivity (Wildman–Crippen MR) is 101 cm³/mol. The molecule has 4 aromatic rings. The summed E-state index contributed by atoms with van der Waals surface area (Å²) in [6, 6.07) is 19.0. The monoisotopic (exact) mass is 334 g/mol. The van der Waals surface area contributed by atoms with E-state index in [-0.39, 0.29) is 0 Å². The summed E-state index contributed by atoms with van der Waals surface area (Å²) in [4.78, 5) is 0. The summed E-state index contributed by atoms with van der Waals surface area (Å²) in [6.45, 7) is 4.77. The van der Waals surface area contributed by atoms with E-state index in [9.17, 15) is 0 Å². The lowest BCUT2D eigenvalue weighted by molar-refractivity contribution is 0.669. The summed E-state index contributed by atoms with van der Waals surface area (Å²) in [7, 11) is -1.78. The Kier molecular flexibility index (Phi) is 2.50. The Morgan fingerprint density at radius 3 is 2.57 bits per heavy atom. The maximum Gasteiger partial charge on any atom is 0.136 e. The Labute approximate surface area is 140 Å². The average Bonchev–Trinajstić information content (AvgIpc) is 3.01. The van der Waals surface area contributed by atoms with Crippen molar-refractivity contribution in [1.82, 2.24) is 0 Å². The lowest BCUT2D eigenvalue weighted by Crippen LogP contribution is -2.49. The third-order valence-corrected chi connectivity index (χ3v) is 9.15. The van der Waals surface area contributed by atoms with Gasteiger partial charge < -0.3 is 4.42 Å². The molecule has 0 N–H and O–H groups in total. The van der Waals surface area contributed by atoms with Crippen LogP contribution < -0.4 is 10.4 Å². The van der Waals surface area contributed by atoms with E-state index in [2.05, 4.69) is 49.5 Å². The van der Waals surface area contributed by atoms with Crippen LogP contribution in [0.25, 0.3) is 33.1 Å². The first-order valence-electron chi connectivity index (χ1n) is 7.83. The minimum absolute atomic E-state index is 0.899. The summed E-state index contributed by atoms with van der Waals surface area (Å²) < 4.78 is 6.07. The summed E-state index contributed by atoms with van der Waals surface area (Å²) >= 11 is 6.60. The number of fused-ring (bicyclic) bond motifs is 7. The largest absolute Gasteiger partial charge is 0.456 e. The van der Waals surface area contributed by atoms with Crippen LogP contribution in [-0.4, -0.2) is 8.07 Å². The van der Waals surface area contributed by atoms with Gasteiger partial charge in [-0.1, -0.05) is 61.1 Å². The van der Waals surface area contributed by atoms with Crippen molar-refractivity contribution in [2.75, 3.05) is 0 Å². The first-order valence-corrected chi connectivity index (χ1v) is 11.2. The highest BCUT2D eigenvalue weighted by atomic mass is 35.5. The number of benzene rings is 3. The van der Waals surface area contributed by atoms with E-state index >= 15 is 0 Å². The van der Waals surface area contributed by atoms with Gasteiger partial charge in [0.1, 0.15) is 19.2 Å². The summed E-state index contributed by atoms with van der Waals surface area (Å²) in [5.74, 6) is 0. The van der Waals surface area contributed by atoms with Crippen molar-refractivity contribution in [2.24, 2.45) is 0 Å².